The Morgan fingerprint density at radius 1 is 1.35 bits per heavy atom. The summed E-state index contributed by atoms with van der Waals surface area (Å²) in [6.45, 7) is 1.78. The molecule has 0 bridgehead atoms. The van der Waals surface area contributed by atoms with Crippen molar-refractivity contribution in [2.75, 3.05) is 6.54 Å². The van der Waals surface area contributed by atoms with Crippen molar-refractivity contribution in [2.45, 2.75) is 42.4 Å². The Labute approximate surface area is 123 Å². The highest BCUT2D eigenvalue weighted by molar-refractivity contribution is 8.00. The number of nitrogens with zero attached hydrogens (tertiary/aromatic N) is 1. The van der Waals surface area contributed by atoms with E-state index in [2.05, 4.69) is 0 Å². The molecule has 108 valence electrons. The van der Waals surface area contributed by atoms with E-state index in [1.807, 2.05) is 37.3 Å². The van der Waals surface area contributed by atoms with E-state index in [0.29, 0.717) is 6.42 Å². The van der Waals surface area contributed by atoms with Crippen LogP contribution in [0.25, 0.3) is 0 Å². The monoisotopic (exact) mass is 293 g/mol. The van der Waals surface area contributed by atoms with E-state index in [-0.39, 0.29) is 23.7 Å². The summed E-state index contributed by atoms with van der Waals surface area (Å²) in [5.41, 5.74) is 0. The molecule has 1 fully saturated rings. The topological polar surface area (TPSA) is 57.6 Å². The first-order valence-electron chi connectivity index (χ1n) is 6.85. The third-order valence-corrected chi connectivity index (χ3v) is 4.61. The van der Waals surface area contributed by atoms with Gasteiger partial charge in [-0.15, -0.1) is 11.8 Å². The summed E-state index contributed by atoms with van der Waals surface area (Å²) >= 11 is 1.51. The molecule has 0 saturated heterocycles. The van der Waals surface area contributed by atoms with E-state index in [0.717, 1.165) is 17.7 Å². The third kappa shape index (κ3) is 4.00. The molecule has 0 heterocycles. The maximum atomic E-state index is 12.5. The van der Waals surface area contributed by atoms with E-state index < -0.39 is 5.97 Å². The van der Waals surface area contributed by atoms with Gasteiger partial charge in [0, 0.05) is 10.9 Å². The summed E-state index contributed by atoms with van der Waals surface area (Å²) in [5, 5.41) is 8.74. The third-order valence-electron chi connectivity index (χ3n) is 3.24. The summed E-state index contributed by atoms with van der Waals surface area (Å²) < 4.78 is 0. The summed E-state index contributed by atoms with van der Waals surface area (Å²) in [6, 6.07) is 9.89. The first kappa shape index (κ1) is 14.9. The molecule has 1 aliphatic rings. The predicted molar refractivity (Wildman–Crippen MR) is 78.7 cm³/mol. The molecule has 0 radical (unpaired) electrons. The Morgan fingerprint density at radius 2 is 2.00 bits per heavy atom. The van der Waals surface area contributed by atoms with Crippen LogP contribution in [0.2, 0.25) is 0 Å². The number of carboxylic acid groups (broad SMARTS) is 1. The van der Waals surface area contributed by atoms with Crippen LogP contribution < -0.4 is 0 Å². The number of thioether (sulfide) groups is 1. The molecule has 1 saturated carbocycles. The minimum atomic E-state index is -0.940. The van der Waals surface area contributed by atoms with Crippen LogP contribution in [0.4, 0.5) is 0 Å². The van der Waals surface area contributed by atoms with Crippen molar-refractivity contribution < 1.29 is 14.7 Å². The molecule has 1 amide bonds. The van der Waals surface area contributed by atoms with Gasteiger partial charge in [0.05, 0.1) is 5.25 Å². The van der Waals surface area contributed by atoms with Gasteiger partial charge in [-0.2, -0.15) is 0 Å². The van der Waals surface area contributed by atoms with Crippen molar-refractivity contribution in [2.24, 2.45) is 0 Å². The molecule has 0 spiro atoms. The van der Waals surface area contributed by atoms with Crippen LogP contribution >= 0.6 is 11.8 Å². The van der Waals surface area contributed by atoms with Gasteiger partial charge < -0.3 is 10.0 Å². The summed E-state index contributed by atoms with van der Waals surface area (Å²) in [5.74, 6) is -0.990. The standard InChI is InChI=1S/C15H19NO3S/c1-2-13(20-12-6-4-3-5-7-12)15(19)16(10-14(17)18)11-8-9-11/h3-7,11,13H,2,8-10H2,1H3,(H,17,18). The Balaban J connectivity index is 2.05. The summed E-state index contributed by atoms with van der Waals surface area (Å²) in [7, 11) is 0. The zero-order chi connectivity index (χ0) is 14.5. The maximum absolute atomic E-state index is 12.5. The average molecular weight is 293 g/mol. The molecule has 1 unspecified atom stereocenters. The fourth-order valence-electron chi connectivity index (χ4n) is 2.08. The van der Waals surface area contributed by atoms with E-state index in [9.17, 15) is 9.59 Å². The molecule has 1 aromatic carbocycles. The van der Waals surface area contributed by atoms with Crippen LogP contribution in [0.3, 0.4) is 0 Å². The number of carboxylic acids is 1. The molecule has 4 nitrogen and oxygen atoms in total. The van der Waals surface area contributed by atoms with Gasteiger partial charge in [0.15, 0.2) is 0 Å². The number of amides is 1. The Kier molecular flexibility index (Phi) is 5.06. The molecule has 1 aliphatic carbocycles. The lowest BCUT2D eigenvalue weighted by molar-refractivity contribution is -0.144. The predicted octanol–water partition coefficient (Wildman–Crippen LogP) is 2.63. The number of hydrogen-bond acceptors (Lipinski definition) is 3. The Morgan fingerprint density at radius 3 is 2.50 bits per heavy atom. The molecular weight excluding hydrogens is 274 g/mol. The smallest absolute Gasteiger partial charge is 0.323 e. The first-order chi connectivity index (χ1) is 9.61. The number of rotatable bonds is 7. The first-order valence-corrected chi connectivity index (χ1v) is 7.73. The molecule has 0 aliphatic heterocycles. The fraction of sp³-hybridized carbons (Fsp3) is 0.467. The lowest BCUT2D eigenvalue weighted by atomic mass is 10.3. The molecule has 1 N–H and O–H groups in total. The molecule has 0 aromatic heterocycles. The molecular formula is C15H19NO3S. The normalized spacial score (nSPS) is 15.7. The van der Waals surface area contributed by atoms with Crippen molar-refractivity contribution in [3.8, 4) is 0 Å². The lowest BCUT2D eigenvalue weighted by Crippen LogP contribution is -2.42. The van der Waals surface area contributed by atoms with E-state index in [1.54, 1.807) is 0 Å². The summed E-state index contributed by atoms with van der Waals surface area (Å²) in [6.07, 6.45) is 2.54. The van der Waals surface area contributed by atoms with Crippen LogP contribution in [0.5, 0.6) is 0 Å². The summed E-state index contributed by atoms with van der Waals surface area (Å²) in [4.78, 5) is 26.0. The Bertz CT molecular complexity index is 473. The second kappa shape index (κ2) is 6.79. The van der Waals surface area contributed by atoms with Gasteiger partial charge in [0.1, 0.15) is 6.54 Å². The molecule has 20 heavy (non-hydrogen) atoms. The van der Waals surface area contributed by atoms with Crippen molar-refractivity contribution in [3.63, 3.8) is 0 Å². The van der Waals surface area contributed by atoms with Crippen LogP contribution in [-0.2, 0) is 9.59 Å². The van der Waals surface area contributed by atoms with Crippen molar-refractivity contribution in [1.29, 1.82) is 0 Å². The van der Waals surface area contributed by atoms with E-state index in [4.69, 9.17) is 5.11 Å². The van der Waals surface area contributed by atoms with E-state index >= 15 is 0 Å². The van der Waals surface area contributed by atoms with Crippen molar-refractivity contribution >= 4 is 23.6 Å². The number of aliphatic carboxylic acids is 1. The highest BCUT2D eigenvalue weighted by atomic mass is 32.2. The number of benzene rings is 1. The van der Waals surface area contributed by atoms with Gasteiger partial charge >= 0.3 is 5.97 Å². The van der Waals surface area contributed by atoms with Gasteiger partial charge in [-0.05, 0) is 31.4 Å². The second-order valence-electron chi connectivity index (χ2n) is 4.92. The Hall–Kier alpha value is -1.49. The fourth-order valence-corrected chi connectivity index (χ4v) is 3.12. The number of carbonyl (C=O) groups is 2. The number of carbonyl (C=O) groups excluding carboxylic acids is 1. The van der Waals surface area contributed by atoms with Gasteiger partial charge in [-0.1, -0.05) is 25.1 Å². The van der Waals surface area contributed by atoms with Gasteiger partial charge in [0.25, 0.3) is 0 Å². The van der Waals surface area contributed by atoms with Crippen LogP contribution in [-0.4, -0.2) is 39.7 Å². The van der Waals surface area contributed by atoms with Gasteiger partial charge in [0.2, 0.25) is 5.91 Å². The second-order valence-corrected chi connectivity index (χ2v) is 6.19. The van der Waals surface area contributed by atoms with Crippen molar-refractivity contribution in [1.82, 2.24) is 4.90 Å². The molecule has 2 rings (SSSR count). The average Bonchev–Trinajstić information content (AvgIpc) is 3.27. The van der Waals surface area contributed by atoms with Crippen molar-refractivity contribution in [3.05, 3.63) is 30.3 Å². The lowest BCUT2D eigenvalue weighted by Gasteiger charge is -2.25. The zero-order valence-corrected chi connectivity index (χ0v) is 12.3. The molecule has 1 aromatic rings. The zero-order valence-electron chi connectivity index (χ0n) is 11.5. The van der Waals surface area contributed by atoms with Gasteiger partial charge in [-0.3, -0.25) is 9.59 Å². The van der Waals surface area contributed by atoms with Crippen LogP contribution in [0.1, 0.15) is 26.2 Å². The van der Waals surface area contributed by atoms with Gasteiger partial charge in [-0.25, -0.2) is 0 Å². The highest BCUT2D eigenvalue weighted by Gasteiger charge is 2.36. The maximum Gasteiger partial charge on any atom is 0.323 e. The minimum Gasteiger partial charge on any atom is -0.480 e. The minimum absolute atomic E-state index is 0.0498. The van der Waals surface area contributed by atoms with Crippen LogP contribution in [0, 0.1) is 0 Å². The number of hydrogen-bond donors (Lipinski definition) is 1. The highest BCUT2D eigenvalue weighted by Crippen LogP contribution is 2.32. The molecule has 5 heteroatoms. The largest absolute Gasteiger partial charge is 0.480 e. The van der Waals surface area contributed by atoms with Crippen LogP contribution in [0.15, 0.2) is 35.2 Å². The SMILES string of the molecule is CCC(Sc1ccccc1)C(=O)N(CC(=O)O)C1CC1. The van der Waals surface area contributed by atoms with E-state index in [1.165, 1.54) is 16.7 Å². The molecule has 1 atom stereocenters. The quantitative estimate of drug-likeness (QED) is 0.785.